The molecule has 0 heterocycles. The fourth-order valence-corrected chi connectivity index (χ4v) is 6.22. The number of hydrogen-bond donors (Lipinski definition) is 1. The molecule has 0 spiro atoms. The first-order chi connectivity index (χ1) is 11.8. The van der Waals surface area contributed by atoms with Gasteiger partial charge >= 0.3 is 0 Å². The predicted molar refractivity (Wildman–Crippen MR) is 82.7 cm³/mol. The lowest BCUT2D eigenvalue weighted by Crippen LogP contribution is -2.54. The van der Waals surface area contributed by atoms with E-state index in [0.717, 1.165) is 25.7 Å². The van der Waals surface area contributed by atoms with E-state index in [4.69, 9.17) is 6.85 Å². The minimum Gasteiger partial charge on any atom is -0.393 e. The van der Waals surface area contributed by atoms with E-state index < -0.39 is 41.4 Å². The lowest BCUT2D eigenvalue weighted by atomic mass is 9.45. The number of ketones is 1. The first-order valence-electron chi connectivity index (χ1n) is 11.0. The summed E-state index contributed by atoms with van der Waals surface area (Å²) in [6.07, 6.45) is -1.32. The molecule has 0 amide bonds. The predicted octanol–water partition coefficient (Wildman–Crippen LogP) is 3.96. The first kappa shape index (κ1) is 9.70. The lowest BCUT2D eigenvalue weighted by Gasteiger charge is -2.60. The number of Topliss-reactive ketones (excluding diaryl/α,β-unsaturated/α-hetero) is 1. The Morgan fingerprint density at radius 1 is 1.10 bits per heavy atom. The monoisotopic (exact) mass is 295 g/mol. The zero-order valence-electron chi connectivity index (χ0n) is 18.1. The standard InChI is InChI=1S/C19H30O2/c1-18-9-7-13(20)11-12(18)3-4-14-15-5-6-17(21)19(15,2)10-8-16(14)18/h12,14-17,21H,3-11H2,1-2H3/t12-,14-,15-,16-,17-,18-,19-/m0/s1/i7D2,11D2,17D. The Hall–Kier alpha value is -0.370. The summed E-state index contributed by atoms with van der Waals surface area (Å²) in [7, 11) is 0. The Labute approximate surface area is 135 Å². The molecule has 4 saturated carbocycles. The molecule has 4 aliphatic carbocycles. The van der Waals surface area contributed by atoms with Crippen LogP contribution in [0, 0.1) is 34.5 Å². The normalized spacial score (nSPS) is 68.3. The van der Waals surface area contributed by atoms with Crippen LogP contribution in [0.1, 0.15) is 78.4 Å². The Morgan fingerprint density at radius 3 is 2.67 bits per heavy atom. The molecule has 0 radical (unpaired) electrons. The number of rotatable bonds is 0. The molecule has 4 fully saturated rings. The zero-order chi connectivity index (χ0) is 19.3. The highest BCUT2D eigenvalue weighted by Crippen LogP contribution is 2.65. The quantitative estimate of drug-likeness (QED) is 0.734. The third kappa shape index (κ3) is 1.84. The van der Waals surface area contributed by atoms with E-state index in [9.17, 15) is 9.90 Å². The molecule has 4 rings (SSSR count). The lowest BCUT2D eigenvalue weighted by molar-refractivity contribution is -0.141. The number of hydrogen-bond acceptors (Lipinski definition) is 2. The summed E-state index contributed by atoms with van der Waals surface area (Å²) in [6.45, 7) is 4.03. The van der Waals surface area contributed by atoms with Gasteiger partial charge in [-0.15, -0.1) is 0 Å². The molecule has 2 heteroatoms. The van der Waals surface area contributed by atoms with Crippen molar-refractivity contribution in [1.29, 1.82) is 0 Å². The molecule has 0 bridgehead atoms. The van der Waals surface area contributed by atoms with Gasteiger partial charge in [0.05, 0.1) is 7.45 Å². The molecular formula is C19H30O2. The minimum absolute atomic E-state index is 0.0960. The first-order valence-corrected chi connectivity index (χ1v) is 8.55. The summed E-state index contributed by atoms with van der Waals surface area (Å²) >= 11 is 0. The highest BCUT2D eigenvalue weighted by atomic mass is 16.3. The highest BCUT2D eigenvalue weighted by Gasteiger charge is 2.59. The van der Waals surface area contributed by atoms with Crippen molar-refractivity contribution in [3.8, 4) is 0 Å². The maximum absolute atomic E-state index is 12.4. The zero-order valence-corrected chi connectivity index (χ0v) is 13.1. The third-order valence-electron chi connectivity index (χ3n) is 7.55. The van der Waals surface area contributed by atoms with Gasteiger partial charge in [-0.05, 0) is 79.4 Å². The van der Waals surface area contributed by atoms with Crippen LogP contribution in [0.15, 0.2) is 0 Å². The van der Waals surface area contributed by atoms with Gasteiger partial charge in [0.15, 0.2) is 0 Å². The van der Waals surface area contributed by atoms with E-state index in [1.54, 1.807) is 0 Å². The van der Waals surface area contributed by atoms with E-state index in [1.165, 1.54) is 0 Å². The van der Waals surface area contributed by atoms with Crippen LogP contribution < -0.4 is 0 Å². The second kappa shape index (κ2) is 4.57. The minimum atomic E-state index is -2.12. The summed E-state index contributed by atoms with van der Waals surface area (Å²) in [6, 6.07) is 0. The maximum Gasteiger partial charge on any atom is 0.133 e. The van der Waals surface area contributed by atoms with Gasteiger partial charge in [0.1, 0.15) is 5.78 Å². The molecule has 4 aliphatic rings. The molecule has 7 atom stereocenters. The molecule has 0 aromatic rings. The molecule has 0 aromatic carbocycles. The largest absolute Gasteiger partial charge is 0.393 e. The molecule has 0 unspecified atom stereocenters. The van der Waals surface area contributed by atoms with Crippen LogP contribution in [-0.2, 0) is 4.79 Å². The number of carbonyl (C=O) groups is 1. The topological polar surface area (TPSA) is 37.3 Å². The van der Waals surface area contributed by atoms with Gasteiger partial charge in [-0.2, -0.15) is 0 Å². The summed E-state index contributed by atoms with van der Waals surface area (Å²) < 4.78 is 41.6. The van der Waals surface area contributed by atoms with Gasteiger partial charge in [0, 0.05) is 18.2 Å². The fourth-order valence-electron chi connectivity index (χ4n) is 6.22. The van der Waals surface area contributed by atoms with E-state index in [-0.39, 0.29) is 24.2 Å². The molecular weight excluding hydrogens is 260 g/mol. The van der Waals surface area contributed by atoms with Gasteiger partial charge in [-0.1, -0.05) is 13.8 Å². The average Bonchev–Trinajstić information content (AvgIpc) is 2.75. The van der Waals surface area contributed by atoms with Crippen molar-refractivity contribution in [2.75, 3.05) is 0 Å². The van der Waals surface area contributed by atoms with Crippen molar-refractivity contribution >= 4 is 5.78 Å². The van der Waals surface area contributed by atoms with Crippen molar-refractivity contribution in [1.82, 2.24) is 0 Å². The Kier molecular flexibility index (Phi) is 2.11. The second-order valence-electron chi connectivity index (χ2n) is 8.28. The van der Waals surface area contributed by atoms with Crippen LogP contribution in [-0.4, -0.2) is 17.0 Å². The van der Waals surface area contributed by atoms with Crippen molar-refractivity contribution in [2.24, 2.45) is 34.5 Å². The summed E-state index contributed by atoms with van der Waals surface area (Å²) in [5, 5.41) is 10.6. The third-order valence-corrected chi connectivity index (χ3v) is 7.55. The van der Waals surface area contributed by atoms with Gasteiger partial charge in [0.2, 0.25) is 0 Å². The highest BCUT2D eigenvalue weighted by molar-refractivity contribution is 5.79. The fraction of sp³-hybridized carbons (Fsp3) is 0.947. The molecule has 2 nitrogen and oxygen atoms in total. The molecule has 0 saturated heterocycles. The summed E-state index contributed by atoms with van der Waals surface area (Å²) in [5.74, 6) is -0.641. The number of carbonyl (C=O) groups excluding carboxylic acids is 1. The molecule has 118 valence electrons. The smallest absolute Gasteiger partial charge is 0.133 e. The van der Waals surface area contributed by atoms with Crippen LogP contribution in [0.25, 0.3) is 0 Å². The van der Waals surface area contributed by atoms with E-state index in [0.29, 0.717) is 12.8 Å². The van der Waals surface area contributed by atoms with Gasteiger partial charge < -0.3 is 5.11 Å². The Bertz CT molecular complexity index is 648. The molecule has 0 aromatic heterocycles. The van der Waals surface area contributed by atoms with Crippen LogP contribution in [0.2, 0.25) is 0 Å². The molecule has 21 heavy (non-hydrogen) atoms. The van der Waals surface area contributed by atoms with Crippen LogP contribution in [0.3, 0.4) is 0 Å². The van der Waals surface area contributed by atoms with Crippen molar-refractivity contribution in [3.63, 3.8) is 0 Å². The Balaban J connectivity index is 1.73. The SMILES string of the molecule is [2H]C1([2H])C[C@]2(C)[C@H]3CC[C@@]4(C)[C@@H](CC[C@]4([2H])O)[C@@H]3CC[C@H]2C([2H])([2H])C1=O. The van der Waals surface area contributed by atoms with Gasteiger partial charge in [0.25, 0.3) is 0 Å². The van der Waals surface area contributed by atoms with E-state index in [1.807, 2.05) is 13.8 Å². The van der Waals surface area contributed by atoms with Gasteiger partial charge in [-0.3, -0.25) is 4.79 Å². The van der Waals surface area contributed by atoms with E-state index >= 15 is 0 Å². The summed E-state index contributed by atoms with van der Waals surface area (Å²) in [5.41, 5.74) is -0.978. The van der Waals surface area contributed by atoms with Crippen LogP contribution in [0.5, 0.6) is 0 Å². The van der Waals surface area contributed by atoms with Crippen molar-refractivity contribution < 1.29 is 16.8 Å². The van der Waals surface area contributed by atoms with Crippen molar-refractivity contribution in [3.05, 3.63) is 0 Å². The van der Waals surface area contributed by atoms with Gasteiger partial charge in [-0.25, -0.2) is 0 Å². The van der Waals surface area contributed by atoms with Crippen LogP contribution >= 0.6 is 0 Å². The van der Waals surface area contributed by atoms with E-state index in [2.05, 4.69) is 0 Å². The van der Waals surface area contributed by atoms with Crippen molar-refractivity contribution in [2.45, 2.75) is 77.6 Å². The Morgan fingerprint density at radius 2 is 1.86 bits per heavy atom. The molecule has 1 N–H and O–H groups in total. The molecule has 0 aliphatic heterocycles. The summed E-state index contributed by atoms with van der Waals surface area (Å²) in [4.78, 5) is 12.4. The second-order valence-corrected chi connectivity index (χ2v) is 8.28. The number of fused-ring (bicyclic) bond motifs is 5. The van der Waals surface area contributed by atoms with Crippen LogP contribution in [0.4, 0.5) is 0 Å². The maximum atomic E-state index is 12.4. The number of aliphatic hydroxyl groups is 1. The average molecular weight is 295 g/mol.